The molecule has 0 unspecified atom stereocenters. The second-order valence-electron chi connectivity index (χ2n) is 7.38. The monoisotopic (exact) mass is 417 g/mol. The molecule has 3 N–H and O–H groups in total. The summed E-state index contributed by atoms with van der Waals surface area (Å²) in [6, 6.07) is -0.911. The maximum atomic E-state index is 12.1. The van der Waals surface area contributed by atoms with E-state index in [4.69, 9.17) is 0 Å². The number of carbonyl (C=O) groups excluding carboxylic acids is 2. The van der Waals surface area contributed by atoms with Crippen LogP contribution in [0.2, 0.25) is 0 Å². The maximum Gasteiger partial charge on any atom is 0.350 e. The van der Waals surface area contributed by atoms with Gasteiger partial charge >= 0.3 is 5.97 Å². The van der Waals surface area contributed by atoms with Crippen LogP contribution in [0.15, 0.2) is 4.99 Å². The van der Waals surface area contributed by atoms with Crippen LogP contribution in [-0.2, 0) is 14.4 Å². The number of amides is 1. The van der Waals surface area contributed by atoms with Crippen LogP contribution in [0.4, 0.5) is 0 Å². The Labute approximate surface area is 168 Å². The van der Waals surface area contributed by atoms with Crippen LogP contribution in [0.1, 0.15) is 20.3 Å². The summed E-state index contributed by atoms with van der Waals surface area (Å²) >= 11 is 5.33. The van der Waals surface area contributed by atoms with Crippen molar-refractivity contribution < 1.29 is 24.6 Å². The molecule has 0 aliphatic carbocycles. The summed E-state index contributed by atoms with van der Waals surface area (Å²) in [5, 5.41) is 21.9. The molecule has 2 heterocycles. The average molecular weight is 418 g/mol. The van der Waals surface area contributed by atoms with Crippen molar-refractivity contribution in [3.05, 3.63) is 0 Å². The minimum absolute atomic E-state index is 0.00240. The van der Waals surface area contributed by atoms with Gasteiger partial charge in [0.15, 0.2) is 5.12 Å². The molecule has 0 radical (unpaired) electrons. The summed E-state index contributed by atoms with van der Waals surface area (Å²) in [4.78, 5) is 41.5. The second-order valence-corrected chi connectivity index (χ2v) is 9.27. The van der Waals surface area contributed by atoms with Gasteiger partial charge in [-0.3, -0.25) is 14.6 Å². The topological polar surface area (TPSA) is 119 Å². The maximum absolute atomic E-state index is 12.1. The summed E-state index contributed by atoms with van der Waals surface area (Å²) in [7, 11) is 3.40. The predicted octanol–water partition coefficient (Wildman–Crippen LogP) is -0.0958. The van der Waals surface area contributed by atoms with Crippen LogP contribution in [0.5, 0.6) is 0 Å². The lowest BCUT2D eigenvalue weighted by atomic mass is 9.87. The van der Waals surface area contributed by atoms with Gasteiger partial charge in [-0.1, -0.05) is 6.92 Å². The number of thioether (sulfide) groups is 1. The molecule has 2 rings (SSSR count). The Bertz CT molecular complexity index is 640. The van der Waals surface area contributed by atoms with Crippen LogP contribution in [0.25, 0.3) is 0 Å². The molecule has 8 nitrogen and oxygen atoms in total. The van der Waals surface area contributed by atoms with Crippen molar-refractivity contribution >= 4 is 47.1 Å². The van der Waals surface area contributed by atoms with Crippen molar-refractivity contribution in [2.45, 2.75) is 49.0 Å². The first-order valence-corrected chi connectivity index (χ1v) is 10.3. The van der Waals surface area contributed by atoms with E-state index in [0.717, 1.165) is 0 Å². The molecule has 0 aromatic rings. The smallest absolute Gasteiger partial charge is 0.350 e. The Balaban J connectivity index is 2.15. The third kappa shape index (κ3) is 4.85. The average Bonchev–Trinajstić information content (AvgIpc) is 3.13. The van der Waals surface area contributed by atoms with E-state index in [1.54, 1.807) is 14.1 Å². The van der Waals surface area contributed by atoms with Crippen molar-refractivity contribution in [3.8, 4) is 0 Å². The first kappa shape index (κ1) is 22.2. The fourth-order valence-electron chi connectivity index (χ4n) is 3.70. The molecule has 1 amide bonds. The third-order valence-corrected chi connectivity index (χ3v) is 7.12. The number of carboxylic acids is 1. The number of nitrogens with one attached hydrogen (secondary N) is 1. The van der Waals surface area contributed by atoms with Crippen molar-refractivity contribution in [2.75, 3.05) is 20.6 Å². The lowest BCUT2D eigenvalue weighted by Crippen LogP contribution is -2.39. The first-order valence-electron chi connectivity index (χ1n) is 8.86. The van der Waals surface area contributed by atoms with Crippen LogP contribution in [0.3, 0.4) is 0 Å². The predicted molar refractivity (Wildman–Crippen MR) is 107 cm³/mol. The highest BCUT2D eigenvalue weighted by molar-refractivity contribution is 8.01. The van der Waals surface area contributed by atoms with Gasteiger partial charge in [-0.15, -0.1) is 24.4 Å². The number of likely N-dealkylation sites (N-methyl/N-ethyl adjacent to an activating group) is 1. The normalized spacial score (nSPS) is 32.7. The van der Waals surface area contributed by atoms with Crippen LogP contribution >= 0.6 is 24.4 Å². The third-order valence-electron chi connectivity index (χ3n) is 5.13. The Morgan fingerprint density at radius 3 is 2.48 bits per heavy atom. The van der Waals surface area contributed by atoms with E-state index < -0.39 is 34.4 Å². The highest BCUT2D eigenvalue weighted by Crippen LogP contribution is 2.40. The van der Waals surface area contributed by atoms with Gasteiger partial charge in [0.1, 0.15) is 5.71 Å². The SMILES string of the molecule is C[C@@H]1[C@H]([C@H](C(=O)S)[C@@H](C)O)N=C(C(=O)O)[C@H]1S[C@@H]1CN[C@H](C(=O)N(C)C)C1. The standard InChI is InChI=1S/C17H27N3O5S2/c1-7-12(11(8(2)21)17(25)26)19-13(16(23)24)14(7)27-9-5-10(18-6-9)15(22)20(3)4/h7-12,14,18,21H,5-6H2,1-4H3,(H,23,24)(H,25,26)/t7-,8-,9+,10+,11-,12-,14+/m1/s1. The van der Waals surface area contributed by atoms with Gasteiger partial charge in [-0.05, 0) is 19.3 Å². The number of aliphatic hydroxyl groups is 1. The molecule has 1 saturated heterocycles. The second kappa shape index (κ2) is 8.93. The molecule has 0 aromatic carbocycles. The number of aliphatic imine (C=N–C) groups is 1. The molecule has 10 heteroatoms. The number of aliphatic carboxylic acids is 1. The summed E-state index contributed by atoms with van der Waals surface area (Å²) < 4.78 is 0. The van der Waals surface area contributed by atoms with Gasteiger partial charge < -0.3 is 20.4 Å². The zero-order valence-electron chi connectivity index (χ0n) is 15.8. The number of hydrogen-bond acceptors (Lipinski definition) is 7. The molecule has 7 atom stereocenters. The lowest BCUT2D eigenvalue weighted by Gasteiger charge is -2.27. The zero-order chi connectivity index (χ0) is 20.5. The molecule has 0 saturated carbocycles. The van der Waals surface area contributed by atoms with Crippen molar-refractivity contribution in [1.29, 1.82) is 0 Å². The first-order chi connectivity index (χ1) is 12.5. The summed E-state index contributed by atoms with van der Waals surface area (Å²) in [5.74, 6) is -2.23. The molecule has 1 fully saturated rings. The molecule has 0 aromatic heterocycles. The fourth-order valence-corrected chi connectivity index (χ4v) is 5.68. The largest absolute Gasteiger partial charge is 0.477 e. The molecule has 2 aliphatic heterocycles. The van der Waals surface area contributed by atoms with Crippen LogP contribution in [0, 0.1) is 11.8 Å². The highest BCUT2D eigenvalue weighted by Gasteiger charge is 2.47. The minimum Gasteiger partial charge on any atom is -0.477 e. The summed E-state index contributed by atoms with van der Waals surface area (Å²) in [5.41, 5.74) is 0.0140. The lowest BCUT2D eigenvalue weighted by molar-refractivity contribution is -0.130. The highest BCUT2D eigenvalue weighted by atomic mass is 32.2. The number of hydrogen-bond donors (Lipinski definition) is 4. The van der Waals surface area contributed by atoms with Gasteiger partial charge in [-0.2, -0.15) is 0 Å². The zero-order valence-corrected chi connectivity index (χ0v) is 17.5. The van der Waals surface area contributed by atoms with Crippen molar-refractivity contribution in [3.63, 3.8) is 0 Å². The van der Waals surface area contributed by atoms with E-state index >= 15 is 0 Å². The number of carboxylic acid groups (broad SMARTS) is 1. The van der Waals surface area contributed by atoms with E-state index in [9.17, 15) is 24.6 Å². The fraction of sp³-hybridized carbons (Fsp3) is 0.765. The van der Waals surface area contributed by atoms with Crippen molar-refractivity contribution in [2.24, 2.45) is 16.8 Å². The quantitative estimate of drug-likeness (QED) is 0.427. The van der Waals surface area contributed by atoms with Crippen LogP contribution < -0.4 is 5.32 Å². The van der Waals surface area contributed by atoms with E-state index in [0.29, 0.717) is 13.0 Å². The molecular formula is C17H27N3O5S2. The number of rotatable bonds is 7. The number of aliphatic hydroxyl groups excluding tert-OH is 1. The number of nitrogens with zero attached hydrogens (tertiary/aromatic N) is 2. The van der Waals surface area contributed by atoms with E-state index in [-0.39, 0.29) is 28.8 Å². The molecule has 0 spiro atoms. The molecule has 0 bridgehead atoms. The minimum atomic E-state index is -1.12. The van der Waals surface area contributed by atoms with E-state index in [1.807, 2.05) is 6.92 Å². The molecule has 2 aliphatic rings. The van der Waals surface area contributed by atoms with E-state index in [2.05, 4.69) is 22.9 Å². The van der Waals surface area contributed by atoms with Crippen molar-refractivity contribution in [1.82, 2.24) is 10.2 Å². The van der Waals surface area contributed by atoms with Gasteiger partial charge in [-0.25, -0.2) is 4.79 Å². The summed E-state index contributed by atoms with van der Waals surface area (Å²) in [6.45, 7) is 3.93. The number of thiol groups is 1. The molecular weight excluding hydrogens is 390 g/mol. The van der Waals surface area contributed by atoms with Gasteiger partial charge in [0.2, 0.25) is 5.91 Å². The Morgan fingerprint density at radius 2 is 2.00 bits per heavy atom. The molecule has 27 heavy (non-hydrogen) atoms. The Kier molecular flexibility index (Phi) is 7.34. The molecule has 152 valence electrons. The Morgan fingerprint density at radius 1 is 1.37 bits per heavy atom. The van der Waals surface area contributed by atoms with Crippen LogP contribution in [-0.4, -0.2) is 87.1 Å². The van der Waals surface area contributed by atoms with Gasteiger partial charge in [0.05, 0.1) is 29.4 Å². The summed E-state index contributed by atoms with van der Waals surface area (Å²) in [6.07, 6.45) is -0.367. The van der Waals surface area contributed by atoms with Gasteiger partial charge in [0, 0.05) is 25.9 Å². The van der Waals surface area contributed by atoms with Gasteiger partial charge in [0.25, 0.3) is 0 Å². The Hall–Kier alpha value is -1.10. The van der Waals surface area contributed by atoms with E-state index in [1.165, 1.54) is 23.6 Å². The number of carbonyl (C=O) groups is 3.